The lowest BCUT2D eigenvalue weighted by Gasteiger charge is -2.09. The molecule has 0 aliphatic heterocycles. The van der Waals surface area contributed by atoms with Crippen molar-refractivity contribution in [2.45, 2.75) is 19.4 Å². The van der Waals surface area contributed by atoms with E-state index >= 15 is 0 Å². The molecular weight excluding hydrogens is 312 g/mol. The second kappa shape index (κ2) is 6.95. The van der Waals surface area contributed by atoms with E-state index in [4.69, 9.17) is 13.8 Å². The van der Waals surface area contributed by atoms with Crippen LogP contribution < -0.4 is 10.1 Å². The summed E-state index contributed by atoms with van der Waals surface area (Å²) in [4.78, 5) is 16.4. The van der Waals surface area contributed by atoms with Gasteiger partial charge in [0.05, 0.1) is 13.2 Å². The third-order valence-corrected chi connectivity index (χ3v) is 3.28. The van der Waals surface area contributed by atoms with Crippen LogP contribution in [0.2, 0.25) is 0 Å². The highest BCUT2D eigenvalue weighted by atomic mass is 16.5. The summed E-state index contributed by atoms with van der Waals surface area (Å²) in [7, 11) is 1.45. The zero-order chi connectivity index (χ0) is 16.9. The lowest BCUT2D eigenvalue weighted by atomic mass is 10.2. The van der Waals surface area contributed by atoms with Gasteiger partial charge in [-0.2, -0.15) is 4.98 Å². The summed E-state index contributed by atoms with van der Waals surface area (Å²) in [6.07, 6.45) is 0.400. The fourth-order valence-electron chi connectivity index (χ4n) is 2.11. The normalized spacial score (nSPS) is 11.9. The molecule has 3 rings (SSSR count). The number of nitrogens with zero attached hydrogens (tertiary/aromatic N) is 3. The molecule has 1 aromatic carbocycles. The van der Waals surface area contributed by atoms with E-state index in [0.29, 0.717) is 18.1 Å². The number of carbonyl (C=O) groups excluding carboxylic acids is 1. The molecule has 0 fully saturated rings. The first-order chi connectivity index (χ1) is 11.7. The van der Waals surface area contributed by atoms with E-state index in [9.17, 15) is 4.79 Å². The molecule has 0 bridgehead atoms. The summed E-state index contributed by atoms with van der Waals surface area (Å²) in [5.74, 6) is 0.897. The van der Waals surface area contributed by atoms with Gasteiger partial charge in [0.2, 0.25) is 17.5 Å². The number of benzene rings is 1. The highest BCUT2D eigenvalue weighted by Gasteiger charge is 2.18. The summed E-state index contributed by atoms with van der Waals surface area (Å²) >= 11 is 0. The van der Waals surface area contributed by atoms with Crippen molar-refractivity contribution in [2.75, 3.05) is 7.11 Å². The smallest absolute Gasteiger partial charge is 0.290 e. The van der Waals surface area contributed by atoms with Crippen molar-refractivity contribution < 1.29 is 18.6 Å². The van der Waals surface area contributed by atoms with Gasteiger partial charge in [0.15, 0.2) is 0 Å². The van der Waals surface area contributed by atoms with Crippen molar-refractivity contribution >= 4 is 5.91 Å². The van der Waals surface area contributed by atoms with Gasteiger partial charge in [-0.05, 0) is 12.1 Å². The highest BCUT2D eigenvalue weighted by Crippen LogP contribution is 2.15. The van der Waals surface area contributed by atoms with Crippen LogP contribution in [0.3, 0.4) is 0 Å². The van der Waals surface area contributed by atoms with Crippen LogP contribution in [-0.2, 0) is 6.42 Å². The van der Waals surface area contributed by atoms with Crippen LogP contribution >= 0.6 is 0 Å². The van der Waals surface area contributed by atoms with Crippen LogP contribution in [0.5, 0.6) is 5.88 Å². The number of methoxy groups -OCH3 is 1. The molecule has 0 radical (unpaired) electrons. The zero-order valence-corrected chi connectivity index (χ0v) is 13.2. The largest absolute Gasteiger partial charge is 0.479 e. The molecule has 0 aliphatic carbocycles. The minimum Gasteiger partial charge on any atom is -0.479 e. The number of nitrogens with one attached hydrogen (secondary N) is 1. The number of hydrogen-bond donors (Lipinski definition) is 1. The van der Waals surface area contributed by atoms with E-state index < -0.39 is 0 Å². The van der Waals surface area contributed by atoms with Gasteiger partial charge in [0.25, 0.3) is 11.8 Å². The number of carbonyl (C=O) groups is 1. The first kappa shape index (κ1) is 15.7. The van der Waals surface area contributed by atoms with Crippen LogP contribution in [0.4, 0.5) is 0 Å². The van der Waals surface area contributed by atoms with Crippen LogP contribution in [-0.4, -0.2) is 34.4 Å². The van der Waals surface area contributed by atoms with Crippen molar-refractivity contribution in [1.29, 1.82) is 0 Å². The van der Waals surface area contributed by atoms with Crippen molar-refractivity contribution in [3.63, 3.8) is 0 Å². The summed E-state index contributed by atoms with van der Waals surface area (Å²) in [6.45, 7) is 1.83. The Bertz CT molecular complexity index is 812. The van der Waals surface area contributed by atoms with E-state index in [1.165, 1.54) is 13.2 Å². The van der Waals surface area contributed by atoms with Gasteiger partial charge in [0.1, 0.15) is 0 Å². The SMILES string of the molecule is COc1cc(C(=O)N[C@@H](C)Cc2nc(-c3ccccc3)no2)on1. The maximum absolute atomic E-state index is 12.0. The van der Waals surface area contributed by atoms with E-state index in [1.54, 1.807) is 0 Å². The lowest BCUT2D eigenvalue weighted by molar-refractivity contribution is 0.0901. The Morgan fingerprint density at radius 3 is 2.75 bits per heavy atom. The maximum atomic E-state index is 12.0. The Morgan fingerprint density at radius 1 is 1.25 bits per heavy atom. The lowest BCUT2D eigenvalue weighted by Crippen LogP contribution is -2.33. The van der Waals surface area contributed by atoms with Gasteiger partial charge >= 0.3 is 0 Å². The average Bonchev–Trinajstić information content (AvgIpc) is 3.24. The fourth-order valence-corrected chi connectivity index (χ4v) is 2.11. The molecular formula is C16H16N4O4. The summed E-state index contributed by atoms with van der Waals surface area (Å²) in [6, 6.07) is 10.7. The van der Waals surface area contributed by atoms with Crippen LogP contribution in [0.15, 0.2) is 45.4 Å². The van der Waals surface area contributed by atoms with Crippen LogP contribution in [0.1, 0.15) is 23.4 Å². The number of aromatic nitrogens is 3. The van der Waals surface area contributed by atoms with Gasteiger partial charge in [-0.3, -0.25) is 4.79 Å². The van der Waals surface area contributed by atoms with Gasteiger partial charge in [-0.25, -0.2) is 0 Å². The molecule has 0 aliphatic rings. The molecule has 0 saturated carbocycles. The molecule has 0 unspecified atom stereocenters. The van der Waals surface area contributed by atoms with Gasteiger partial charge in [0, 0.05) is 18.0 Å². The first-order valence-electron chi connectivity index (χ1n) is 7.35. The highest BCUT2D eigenvalue weighted by molar-refractivity contribution is 5.91. The fraction of sp³-hybridized carbons (Fsp3) is 0.250. The Morgan fingerprint density at radius 2 is 2.04 bits per heavy atom. The van der Waals surface area contributed by atoms with Gasteiger partial charge < -0.3 is 19.1 Å². The van der Waals surface area contributed by atoms with Crippen molar-refractivity contribution in [1.82, 2.24) is 20.6 Å². The standard InChI is InChI=1S/C16H16N4O4/c1-10(17-16(21)12-9-14(22-2)19-23-12)8-13-18-15(20-24-13)11-6-4-3-5-7-11/h3-7,9-10H,8H2,1-2H3,(H,17,21)/t10-/m0/s1. The first-order valence-corrected chi connectivity index (χ1v) is 7.35. The minimum absolute atomic E-state index is 0.0780. The Labute approximate surface area is 137 Å². The van der Waals surface area contributed by atoms with Crippen molar-refractivity contribution in [3.8, 4) is 17.3 Å². The van der Waals surface area contributed by atoms with Gasteiger partial charge in [-0.1, -0.05) is 35.5 Å². The van der Waals surface area contributed by atoms with Gasteiger partial charge in [-0.15, -0.1) is 0 Å². The van der Waals surface area contributed by atoms with E-state index in [0.717, 1.165) is 5.56 Å². The average molecular weight is 328 g/mol. The summed E-state index contributed by atoms with van der Waals surface area (Å²) in [5.41, 5.74) is 0.873. The molecule has 3 aromatic rings. The summed E-state index contributed by atoms with van der Waals surface area (Å²) in [5, 5.41) is 10.3. The maximum Gasteiger partial charge on any atom is 0.290 e. The molecule has 0 saturated heterocycles. The minimum atomic E-state index is -0.388. The third kappa shape index (κ3) is 3.60. The molecule has 8 nitrogen and oxygen atoms in total. The second-order valence-corrected chi connectivity index (χ2v) is 5.19. The molecule has 2 heterocycles. The predicted octanol–water partition coefficient (Wildman–Crippen LogP) is 2.09. The van der Waals surface area contributed by atoms with E-state index in [2.05, 4.69) is 20.6 Å². The molecule has 1 amide bonds. The molecule has 124 valence electrons. The van der Waals surface area contributed by atoms with Crippen LogP contribution in [0, 0.1) is 0 Å². The molecule has 0 spiro atoms. The zero-order valence-electron chi connectivity index (χ0n) is 13.2. The predicted molar refractivity (Wildman–Crippen MR) is 83.4 cm³/mol. The quantitative estimate of drug-likeness (QED) is 0.739. The third-order valence-electron chi connectivity index (χ3n) is 3.28. The number of rotatable bonds is 6. The molecule has 1 atom stereocenters. The van der Waals surface area contributed by atoms with Crippen molar-refractivity contribution in [3.05, 3.63) is 48.0 Å². The van der Waals surface area contributed by atoms with Crippen LogP contribution in [0.25, 0.3) is 11.4 Å². The van der Waals surface area contributed by atoms with E-state index in [1.807, 2.05) is 37.3 Å². The number of hydrogen-bond acceptors (Lipinski definition) is 7. The number of amides is 1. The topological polar surface area (TPSA) is 103 Å². The molecule has 2 aromatic heterocycles. The molecule has 1 N–H and O–H groups in total. The monoisotopic (exact) mass is 328 g/mol. The molecule has 8 heteroatoms. The Balaban J connectivity index is 1.60. The van der Waals surface area contributed by atoms with E-state index in [-0.39, 0.29) is 23.6 Å². The van der Waals surface area contributed by atoms with Crippen molar-refractivity contribution in [2.24, 2.45) is 0 Å². The Kier molecular flexibility index (Phi) is 4.55. The second-order valence-electron chi connectivity index (χ2n) is 5.19. The summed E-state index contributed by atoms with van der Waals surface area (Å²) < 4.78 is 15.0. The molecule has 24 heavy (non-hydrogen) atoms. The Hall–Kier alpha value is -3.16. The number of ether oxygens (including phenoxy) is 1.